The maximum atomic E-state index is 12.4. The lowest BCUT2D eigenvalue weighted by molar-refractivity contribution is -0.140. The molecule has 3 rings (SSSR count). The number of H-pyrrole nitrogens is 1. The van der Waals surface area contributed by atoms with Gasteiger partial charge in [-0.15, -0.1) is 5.10 Å². The number of likely N-dealkylation sites (tertiary alicyclic amines) is 1. The number of ether oxygens (including phenoxy) is 1. The molecule has 1 N–H and O–H groups in total. The Morgan fingerprint density at radius 3 is 2.35 bits per heavy atom. The van der Waals surface area contributed by atoms with Gasteiger partial charge in [0.25, 0.3) is 0 Å². The predicted octanol–water partition coefficient (Wildman–Crippen LogP) is 2.32. The van der Waals surface area contributed by atoms with E-state index in [1.165, 1.54) is 4.68 Å². The molecule has 26 heavy (non-hydrogen) atoms. The van der Waals surface area contributed by atoms with E-state index in [4.69, 9.17) is 4.74 Å². The summed E-state index contributed by atoms with van der Waals surface area (Å²) in [7, 11) is 1.60. The molecule has 1 aromatic carbocycles. The largest absolute Gasteiger partial charge is 0.497 e. The quantitative estimate of drug-likeness (QED) is 0.913. The Kier molecular flexibility index (Phi) is 4.89. The van der Waals surface area contributed by atoms with Gasteiger partial charge < -0.3 is 9.64 Å². The van der Waals surface area contributed by atoms with Crippen molar-refractivity contribution in [2.75, 3.05) is 20.2 Å². The number of aromatic amines is 1. The van der Waals surface area contributed by atoms with Crippen LogP contribution in [0.25, 0.3) is 5.69 Å². The third-order valence-corrected chi connectivity index (χ3v) is 4.76. The van der Waals surface area contributed by atoms with Crippen molar-refractivity contribution in [2.24, 2.45) is 5.41 Å². The van der Waals surface area contributed by atoms with Crippen LogP contribution in [0.2, 0.25) is 0 Å². The summed E-state index contributed by atoms with van der Waals surface area (Å²) in [5.41, 5.74) is 0.0777. The van der Waals surface area contributed by atoms with Crippen LogP contribution in [0.1, 0.15) is 45.4 Å². The minimum Gasteiger partial charge on any atom is -0.497 e. The molecule has 1 fully saturated rings. The number of hydrogen-bond donors (Lipinski definition) is 1. The molecule has 0 atom stereocenters. The van der Waals surface area contributed by atoms with Gasteiger partial charge in [0.1, 0.15) is 11.6 Å². The standard InChI is InChI=1S/C19H26N4O3/c1-19(2,3)17(24)22-11-9-13(10-12-22)16-20-18(25)23(21-16)14-5-7-15(26-4)8-6-14/h5-8,13H,9-12H2,1-4H3,(H,20,21,25). The van der Waals surface area contributed by atoms with Crippen molar-refractivity contribution < 1.29 is 9.53 Å². The number of rotatable bonds is 3. The third-order valence-electron chi connectivity index (χ3n) is 4.76. The van der Waals surface area contributed by atoms with E-state index in [9.17, 15) is 9.59 Å². The topological polar surface area (TPSA) is 80.2 Å². The van der Waals surface area contributed by atoms with Crippen LogP contribution in [0.15, 0.2) is 29.1 Å². The maximum absolute atomic E-state index is 12.4. The van der Waals surface area contributed by atoms with Crippen LogP contribution in [-0.4, -0.2) is 45.8 Å². The summed E-state index contributed by atoms with van der Waals surface area (Å²) >= 11 is 0. The molecule has 1 amide bonds. The van der Waals surface area contributed by atoms with Crippen LogP contribution < -0.4 is 10.4 Å². The molecule has 2 heterocycles. The van der Waals surface area contributed by atoms with Gasteiger partial charge in [-0.05, 0) is 37.1 Å². The highest BCUT2D eigenvalue weighted by atomic mass is 16.5. The van der Waals surface area contributed by atoms with E-state index >= 15 is 0 Å². The molecule has 0 aliphatic carbocycles. The van der Waals surface area contributed by atoms with Gasteiger partial charge in [0.2, 0.25) is 5.91 Å². The summed E-state index contributed by atoms with van der Waals surface area (Å²) in [6, 6.07) is 7.20. The van der Waals surface area contributed by atoms with Gasteiger partial charge in [0, 0.05) is 24.4 Å². The smallest absolute Gasteiger partial charge is 0.348 e. The Morgan fingerprint density at radius 1 is 1.19 bits per heavy atom. The number of nitrogens with zero attached hydrogens (tertiary/aromatic N) is 3. The number of piperidine rings is 1. The molecule has 140 valence electrons. The first-order chi connectivity index (χ1) is 12.3. The second-order valence-corrected chi connectivity index (χ2v) is 7.74. The molecule has 7 heteroatoms. The third kappa shape index (κ3) is 3.66. The highest BCUT2D eigenvalue weighted by Gasteiger charge is 2.31. The Labute approximate surface area is 153 Å². The maximum Gasteiger partial charge on any atom is 0.348 e. The van der Waals surface area contributed by atoms with Gasteiger partial charge in [0.05, 0.1) is 12.8 Å². The monoisotopic (exact) mass is 358 g/mol. The van der Waals surface area contributed by atoms with Gasteiger partial charge in [-0.2, -0.15) is 4.68 Å². The Hall–Kier alpha value is -2.57. The van der Waals surface area contributed by atoms with Crippen molar-refractivity contribution in [3.05, 3.63) is 40.6 Å². The van der Waals surface area contributed by atoms with E-state index < -0.39 is 0 Å². The number of amides is 1. The molecular formula is C19H26N4O3. The lowest BCUT2D eigenvalue weighted by atomic mass is 9.91. The van der Waals surface area contributed by atoms with Crippen molar-refractivity contribution >= 4 is 5.91 Å². The fraction of sp³-hybridized carbons (Fsp3) is 0.526. The zero-order chi connectivity index (χ0) is 18.9. The SMILES string of the molecule is COc1ccc(-n2nc(C3CCN(C(=O)C(C)(C)C)CC3)[nH]c2=O)cc1. The molecule has 0 radical (unpaired) electrons. The van der Waals surface area contributed by atoms with Crippen LogP contribution in [0, 0.1) is 5.41 Å². The van der Waals surface area contributed by atoms with Crippen molar-refractivity contribution in [2.45, 2.75) is 39.5 Å². The molecule has 7 nitrogen and oxygen atoms in total. The molecule has 1 aromatic heterocycles. The zero-order valence-corrected chi connectivity index (χ0v) is 15.8. The van der Waals surface area contributed by atoms with Gasteiger partial charge in [-0.3, -0.25) is 9.78 Å². The number of carbonyl (C=O) groups is 1. The lowest BCUT2D eigenvalue weighted by Gasteiger charge is -2.35. The van der Waals surface area contributed by atoms with E-state index in [0.717, 1.165) is 18.6 Å². The van der Waals surface area contributed by atoms with E-state index in [-0.39, 0.29) is 22.9 Å². The molecule has 0 saturated carbocycles. The lowest BCUT2D eigenvalue weighted by Crippen LogP contribution is -2.43. The fourth-order valence-electron chi connectivity index (χ4n) is 3.25. The van der Waals surface area contributed by atoms with Crippen molar-refractivity contribution in [1.29, 1.82) is 0 Å². The average molecular weight is 358 g/mol. The first-order valence-electron chi connectivity index (χ1n) is 8.92. The molecule has 0 unspecified atom stereocenters. The van der Waals surface area contributed by atoms with Crippen LogP contribution in [0.5, 0.6) is 5.75 Å². The van der Waals surface area contributed by atoms with Gasteiger partial charge >= 0.3 is 5.69 Å². The average Bonchev–Trinajstić information content (AvgIpc) is 3.02. The van der Waals surface area contributed by atoms with Crippen molar-refractivity contribution in [3.63, 3.8) is 0 Å². The number of aromatic nitrogens is 3. The second kappa shape index (κ2) is 6.97. The second-order valence-electron chi connectivity index (χ2n) is 7.74. The fourth-order valence-corrected chi connectivity index (χ4v) is 3.25. The molecule has 1 saturated heterocycles. The van der Waals surface area contributed by atoms with E-state index in [1.54, 1.807) is 31.4 Å². The Morgan fingerprint density at radius 2 is 1.81 bits per heavy atom. The summed E-state index contributed by atoms with van der Waals surface area (Å²) in [5.74, 6) is 1.75. The van der Waals surface area contributed by atoms with E-state index in [2.05, 4.69) is 10.1 Å². The number of carbonyl (C=O) groups excluding carboxylic acids is 1. The van der Waals surface area contributed by atoms with Crippen LogP contribution >= 0.6 is 0 Å². The van der Waals surface area contributed by atoms with E-state index in [0.29, 0.717) is 24.6 Å². The summed E-state index contributed by atoms with van der Waals surface area (Å²) in [5, 5.41) is 4.48. The first kappa shape index (κ1) is 18.2. The van der Waals surface area contributed by atoms with Crippen molar-refractivity contribution in [1.82, 2.24) is 19.7 Å². The molecular weight excluding hydrogens is 332 g/mol. The number of benzene rings is 1. The molecule has 0 bridgehead atoms. The van der Waals surface area contributed by atoms with Gasteiger partial charge in [0.15, 0.2) is 0 Å². The highest BCUT2D eigenvalue weighted by molar-refractivity contribution is 5.81. The van der Waals surface area contributed by atoms with Crippen molar-refractivity contribution in [3.8, 4) is 11.4 Å². The number of methoxy groups -OCH3 is 1. The number of nitrogens with one attached hydrogen (secondary N) is 1. The molecule has 2 aromatic rings. The molecule has 0 spiro atoms. The minimum absolute atomic E-state index is 0.159. The first-order valence-corrected chi connectivity index (χ1v) is 8.92. The molecule has 1 aliphatic rings. The van der Waals surface area contributed by atoms with Crippen LogP contribution in [0.4, 0.5) is 0 Å². The predicted molar refractivity (Wildman–Crippen MR) is 98.7 cm³/mol. The Balaban J connectivity index is 1.72. The van der Waals surface area contributed by atoms with Crippen LogP contribution in [-0.2, 0) is 4.79 Å². The van der Waals surface area contributed by atoms with E-state index in [1.807, 2.05) is 25.7 Å². The molecule has 1 aliphatic heterocycles. The Bertz CT molecular complexity index is 822. The summed E-state index contributed by atoms with van der Waals surface area (Å²) in [6.07, 6.45) is 1.61. The number of hydrogen-bond acceptors (Lipinski definition) is 4. The highest BCUT2D eigenvalue weighted by Crippen LogP contribution is 2.28. The van der Waals surface area contributed by atoms with Gasteiger partial charge in [-0.1, -0.05) is 20.8 Å². The van der Waals surface area contributed by atoms with Gasteiger partial charge in [-0.25, -0.2) is 4.79 Å². The zero-order valence-electron chi connectivity index (χ0n) is 15.8. The minimum atomic E-state index is -0.364. The van der Waals surface area contributed by atoms with Crippen LogP contribution in [0.3, 0.4) is 0 Å². The summed E-state index contributed by atoms with van der Waals surface area (Å²) < 4.78 is 6.52. The summed E-state index contributed by atoms with van der Waals surface area (Å²) in [4.78, 5) is 29.5. The summed E-state index contributed by atoms with van der Waals surface area (Å²) in [6.45, 7) is 7.21. The normalized spacial score (nSPS) is 15.9.